The molecule has 0 bridgehead atoms. The van der Waals surface area contributed by atoms with E-state index in [1.54, 1.807) is 12.1 Å². The van der Waals surface area contributed by atoms with Gasteiger partial charge in [-0.2, -0.15) is 13.2 Å². The molecule has 1 fully saturated rings. The first kappa shape index (κ1) is 20.3. The molecule has 2 aromatic rings. The van der Waals surface area contributed by atoms with Gasteiger partial charge >= 0.3 is 6.18 Å². The lowest BCUT2D eigenvalue weighted by Gasteiger charge is -2.16. The molecule has 6 nitrogen and oxygen atoms in total. The minimum absolute atomic E-state index is 0.0103. The average molecular weight is 438 g/mol. The molecule has 0 N–H and O–H groups in total. The van der Waals surface area contributed by atoms with Crippen molar-refractivity contribution in [2.24, 2.45) is 11.1 Å². The van der Waals surface area contributed by atoms with E-state index in [1.165, 1.54) is 12.1 Å². The van der Waals surface area contributed by atoms with Crippen molar-refractivity contribution in [3.8, 4) is 0 Å². The third-order valence-electron chi connectivity index (χ3n) is 4.81. The molecule has 4 rings (SSSR count). The van der Waals surface area contributed by atoms with Crippen molar-refractivity contribution >= 4 is 29.1 Å². The zero-order valence-corrected chi connectivity index (χ0v) is 16.2. The summed E-state index contributed by atoms with van der Waals surface area (Å²) in [4.78, 5) is 35.3. The smallest absolute Gasteiger partial charge is 0.395 e. The van der Waals surface area contributed by atoms with E-state index in [4.69, 9.17) is 16.4 Å². The summed E-state index contributed by atoms with van der Waals surface area (Å²) in [6, 6.07) is 7.05. The summed E-state index contributed by atoms with van der Waals surface area (Å²) < 4.78 is 38.8. The molecule has 1 aliphatic heterocycles. The van der Waals surface area contributed by atoms with E-state index in [-0.39, 0.29) is 34.1 Å². The summed E-state index contributed by atoms with van der Waals surface area (Å²) in [5, 5.41) is 3.65. The number of carbonyl (C=O) groups excluding carboxylic acids is 2. The number of fused-ring (bicyclic) bond motifs is 1. The van der Waals surface area contributed by atoms with Crippen molar-refractivity contribution in [3.05, 3.63) is 63.9 Å². The summed E-state index contributed by atoms with van der Waals surface area (Å²) in [6.07, 6.45) is -1.98. The van der Waals surface area contributed by atoms with Crippen molar-refractivity contribution in [1.82, 2.24) is 9.88 Å². The van der Waals surface area contributed by atoms with Gasteiger partial charge in [0.15, 0.2) is 0 Å². The number of imide groups is 1. The van der Waals surface area contributed by atoms with E-state index < -0.39 is 23.6 Å². The highest BCUT2D eigenvalue weighted by Gasteiger charge is 2.37. The van der Waals surface area contributed by atoms with Crippen molar-refractivity contribution in [2.75, 3.05) is 13.2 Å². The van der Waals surface area contributed by atoms with Gasteiger partial charge in [-0.05, 0) is 37.0 Å². The fourth-order valence-electron chi connectivity index (χ4n) is 2.99. The van der Waals surface area contributed by atoms with Crippen molar-refractivity contribution in [3.63, 3.8) is 0 Å². The van der Waals surface area contributed by atoms with Crippen LogP contribution in [0.5, 0.6) is 0 Å². The Morgan fingerprint density at radius 1 is 1.20 bits per heavy atom. The Kier molecular flexibility index (Phi) is 5.23. The number of hydrogen-bond acceptors (Lipinski definition) is 5. The molecule has 2 heterocycles. The molecule has 2 aliphatic rings. The average Bonchev–Trinajstić information content (AvgIpc) is 3.50. The Hall–Kier alpha value is -2.94. The van der Waals surface area contributed by atoms with E-state index in [0.29, 0.717) is 18.7 Å². The second kappa shape index (κ2) is 7.71. The number of hydrogen-bond donors (Lipinski definition) is 0. The Morgan fingerprint density at radius 3 is 2.37 bits per heavy atom. The van der Waals surface area contributed by atoms with Gasteiger partial charge in [-0.3, -0.25) is 19.5 Å². The Morgan fingerprint density at radius 2 is 1.83 bits per heavy atom. The number of rotatable bonds is 6. The molecule has 156 valence electrons. The summed E-state index contributed by atoms with van der Waals surface area (Å²) in [5.74, 6) is -0.701. The third kappa shape index (κ3) is 4.02. The van der Waals surface area contributed by atoms with Crippen LogP contribution in [0.1, 0.15) is 44.8 Å². The first-order valence-electron chi connectivity index (χ1n) is 9.13. The molecule has 0 spiro atoms. The molecule has 1 aromatic heterocycles. The van der Waals surface area contributed by atoms with Crippen LogP contribution in [-0.2, 0) is 11.0 Å². The number of amides is 2. The number of aromatic nitrogens is 1. The lowest BCUT2D eigenvalue weighted by atomic mass is 10.1. The molecule has 0 unspecified atom stereocenters. The van der Waals surface area contributed by atoms with Gasteiger partial charge in [-0.1, -0.05) is 28.9 Å². The standard InChI is InChI=1S/C20H15ClF3N3O3/c21-15-7-12(20(22,23)24)8-25-17(15)16(26-30-10-11-5-6-11)9-27-18(28)13-3-1-2-4-14(13)19(27)29/h1-4,7-8,11H,5-6,9-10H2. The van der Waals surface area contributed by atoms with Gasteiger partial charge in [0.1, 0.15) is 18.0 Å². The van der Waals surface area contributed by atoms with E-state index in [0.717, 1.165) is 23.8 Å². The zero-order valence-electron chi connectivity index (χ0n) is 15.4. The molecule has 1 aliphatic carbocycles. The highest BCUT2D eigenvalue weighted by Crippen LogP contribution is 2.32. The van der Waals surface area contributed by atoms with E-state index in [9.17, 15) is 22.8 Å². The van der Waals surface area contributed by atoms with Crippen LogP contribution in [0.25, 0.3) is 0 Å². The fourth-order valence-corrected chi connectivity index (χ4v) is 3.27. The highest BCUT2D eigenvalue weighted by atomic mass is 35.5. The fraction of sp³-hybridized carbons (Fsp3) is 0.300. The van der Waals surface area contributed by atoms with Crippen LogP contribution in [-0.4, -0.2) is 40.6 Å². The second-order valence-corrected chi connectivity index (χ2v) is 7.48. The summed E-state index contributed by atoms with van der Waals surface area (Å²) in [7, 11) is 0. The zero-order chi connectivity index (χ0) is 21.5. The topological polar surface area (TPSA) is 71.9 Å². The SMILES string of the molecule is O=C1c2ccccc2C(=O)N1CC(=NOCC1CC1)c1ncc(C(F)(F)F)cc1Cl. The van der Waals surface area contributed by atoms with Crippen LogP contribution in [0.2, 0.25) is 5.02 Å². The lowest BCUT2D eigenvalue weighted by Crippen LogP contribution is -2.35. The largest absolute Gasteiger partial charge is 0.417 e. The van der Waals surface area contributed by atoms with Gasteiger partial charge in [0.25, 0.3) is 11.8 Å². The van der Waals surface area contributed by atoms with Crippen LogP contribution in [0.15, 0.2) is 41.7 Å². The first-order chi connectivity index (χ1) is 14.3. The van der Waals surface area contributed by atoms with E-state index in [2.05, 4.69) is 10.1 Å². The van der Waals surface area contributed by atoms with Gasteiger partial charge in [0, 0.05) is 6.20 Å². The highest BCUT2D eigenvalue weighted by molar-refractivity contribution is 6.34. The molecule has 2 amide bonds. The van der Waals surface area contributed by atoms with Gasteiger partial charge in [-0.15, -0.1) is 0 Å². The number of oxime groups is 1. The van der Waals surface area contributed by atoms with Crippen molar-refractivity contribution < 1.29 is 27.6 Å². The molecule has 0 radical (unpaired) electrons. The number of pyridine rings is 1. The maximum absolute atomic E-state index is 12.9. The number of nitrogens with zero attached hydrogens (tertiary/aromatic N) is 3. The predicted molar refractivity (Wildman–Crippen MR) is 101 cm³/mol. The Labute approximate surface area is 174 Å². The van der Waals surface area contributed by atoms with Gasteiger partial charge in [0.05, 0.1) is 28.3 Å². The molecule has 1 aromatic carbocycles. The molecule has 30 heavy (non-hydrogen) atoms. The maximum atomic E-state index is 12.9. The summed E-state index contributed by atoms with van der Waals surface area (Å²) in [5.41, 5.74) is -0.629. The maximum Gasteiger partial charge on any atom is 0.417 e. The monoisotopic (exact) mass is 437 g/mol. The van der Waals surface area contributed by atoms with Crippen LogP contribution in [0.4, 0.5) is 13.2 Å². The van der Waals surface area contributed by atoms with Crippen LogP contribution in [0.3, 0.4) is 0 Å². The molecular formula is C20H15ClF3N3O3. The molecule has 0 saturated heterocycles. The number of alkyl halides is 3. The molecule has 10 heteroatoms. The summed E-state index contributed by atoms with van der Waals surface area (Å²) in [6.45, 7) is -0.0149. The lowest BCUT2D eigenvalue weighted by molar-refractivity contribution is -0.137. The molecule has 0 atom stereocenters. The number of carbonyl (C=O) groups is 2. The first-order valence-corrected chi connectivity index (χ1v) is 9.50. The van der Waals surface area contributed by atoms with Crippen LogP contribution < -0.4 is 0 Å². The minimum Gasteiger partial charge on any atom is -0.395 e. The van der Waals surface area contributed by atoms with Gasteiger partial charge in [-0.25, -0.2) is 0 Å². The van der Waals surface area contributed by atoms with Gasteiger partial charge in [0.2, 0.25) is 0 Å². The van der Waals surface area contributed by atoms with Crippen molar-refractivity contribution in [1.29, 1.82) is 0 Å². The normalized spacial score (nSPS) is 16.8. The Bertz CT molecular complexity index is 1020. The van der Waals surface area contributed by atoms with Crippen LogP contribution in [0, 0.1) is 5.92 Å². The van der Waals surface area contributed by atoms with E-state index in [1.807, 2.05) is 0 Å². The third-order valence-corrected chi connectivity index (χ3v) is 5.10. The number of halogens is 4. The summed E-state index contributed by atoms with van der Waals surface area (Å²) >= 11 is 6.04. The molecule has 1 saturated carbocycles. The Balaban J connectivity index is 1.64. The predicted octanol–water partition coefficient (Wildman–Crippen LogP) is 4.18. The minimum atomic E-state index is -4.61. The van der Waals surface area contributed by atoms with Crippen molar-refractivity contribution in [2.45, 2.75) is 19.0 Å². The van der Waals surface area contributed by atoms with Crippen LogP contribution >= 0.6 is 11.6 Å². The quantitative estimate of drug-likeness (QED) is 0.386. The van der Waals surface area contributed by atoms with E-state index >= 15 is 0 Å². The van der Waals surface area contributed by atoms with Gasteiger partial charge < -0.3 is 4.84 Å². The number of benzene rings is 1. The molecular weight excluding hydrogens is 423 g/mol. The second-order valence-electron chi connectivity index (χ2n) is 7.07.